The van der Waals surface area contributed by atoms with Crippen LogP contribution in [0.1, 0.15) is 11.4 Å². The fourth-order valence-corrected chi connectivity index (χ4v) is 2.03. The maximum Gasteiger partial charge on any atom is 0.326 e. The van der Waals surface area contributed by atoms with Crippen LogP contribution in [0.5, 0.6) is 11.5 Å². The molecule has 0 bridgehead atoms. The summed E-state index contributed by atoms with van der Waals surface area (Å²) in [5, 5.41) is 17.0. The number of hydrogen-bond acceptors (Lipinski definition) is 8. The molecule has 0 saturated heterocycles. The molecule has 0 aliphatic heterocycles. The number of aliphatic carboxylic acids is 2. The van der Waals surface area contributed by atoms with Crippen LogP contribution in [0.2, 0.25) is 0 Å². The number of H-pyrrole nitrogens is 4. The zero-order valence-electron chi connectivity index (χ0n) is 14.6. The van der Waals surface area contributed by atoms with Crippen molar-refractivity contribution in [3.63, 3.8) is 0 Å². The van der Waals surface area contributed by atoms with Crippen molar-refractivity contribution in [2.45, 2.75) is 12.8 Å². The zero-order chi connectivity index (χ0) is 21.4. The number of carbonyl (C=O) groups is 2. The smallest absolute Gasteiger partial charge is 0.326 e. The predicted molar refractivity (Wildman–Crippen MR) is 91.2 cm³/mol. The standard InChI is InChI=1S/2C7H8N2O5/c2*1-14-5-3(2-4(10)11)8-7(13)9-6(5)12/h2*2H2,1H3,(H,10,11)(H2,8,9,12,13). The maximum atomic E-state index is 11.1. The number of hydrogen-bond donors (Lipinski definition) is 6. The van der Waals surface area contributed by atoms with Crippen LogP contribution in [0, 0.1) is 0 Å². The summed E-state index contributed by atoms with van der Waals surface area (Å²) in [5.41, 5.74) is -3.10. The molecule has 152 valence electrons. The normalized spacial score (nSPS) is 9.79. The van der Waals surface area contributed by atoms with Crippen molar-refractivity contribution >= 4 is 11.9 Å². The van der Waals surface area contributed by atoms with Gasteiger partial charge < -0.3 is 29.7 Å². The molecule has 0 fully saturated rings. The van der Waals surface area contributed by atoms with Gasteiger partial charge in [0.05, 0.1) is 38.4 Å². The van der Waals surface area contributed by atoms with E-state index in [2.05, 4.69) is 19.4 Å². The Labute approximate surface area is 153 Å². The molecule has 0 aromatic carbocycles. The fraction of sp³-hybridized carbons (Fsp3) is 0.286. The Morgan fingerprint density at radius 3 is 1.29 bits per heavy atom. The predicted octanol–water partition coefficient (Wildman–Crippen LogP) is -2.60. The molecule has 14 nitrogen and oxygen atoms in total. The average molecular weight is 400 g/mol. The molecule has 0 unspecified atom stereocenters. The molecular formula is C14H16N4O10. The summed E-state index contributed by atoms with van der Waals surface area (Å²) in [4.78, 5) is 72.7. The first-order chi connectivity index (χ1) is 13.1. The molecule has 2 aromatic heterocycles. The lowest BCUT2D eigenvalue weighted by atomic mass is 10.3. The molecule has 0 amide bonds. The Morgan fingerprint density at radius 1 is 0.714 bits per heavy atom. The molecule has 0 aliphatic carbocycles. The quantitative estimate of drug-likeness (QED) is 0.296. The van der Waals surface area contributed by atoms with Crippen LogP contribution in [0.3, 0.4) is 0 Å². The molecular weight excluding hydrogens is 384 g/mol. The second-order valence-electron chi connectivity index (χ2n) is 4.98. The van der Waals surface area contributed by atoms with Gasteiger partial charge in [-0.1, -0.05) is 0 Å². The van der Waals surface area contributed by atoms with Crippen LogP contribution < -0.4 is 32.0 Å². The first-order valence-corrected chi connectivity index (χ1v) is 7.31. The SMILES string of the molecule is COc1c(CC(=O)O)[nH]c(=O)[nH]c1=O.COc1c(CC(=O)O)[nH]c(=O)[nH]c1=O. The van der Waals surface area contributed by atoms with E-state index in [1.807, 2.05) is 9.97 Å². The van der Waals surface area contributed by atoms with Crippen LogP contribution >= 0.6 is 0 Å². The summed E-state index contributed by atoms with van der Waals surface area (Å²) in [6, 6.07) is 0. The molecule has 2 rings (SSSR count). The van der Waals surface area contributed by atoms with Crippen molar-refractivity contribution in [2.24, 2.45) is 0 Å². The number of aromatic amines is 4. The molecule has 2 heterocycles. The number of ether oxygens (including phenoxy) is 2. The van der Waals surface area contributed by atoms with E-state index in [1.165, 1.54) is 14.2 Å². The van der Waals surface area contributed by atoms with Crippen LogP contribution in [0.15, 0.2) is 19.2 Å². The number of aromatic nitrogens is 4. The third kappa shape index (κ3) is 6.01. The van der Waals surface area contributed by atoms with Crippen molar-refractivity contribution in [1.82, 2.24) is 19.9 Å². The summed E-state index contributed by atoms with van der Waals surface area (Å²) in [6.45, 7) is 0. The Bertz CT molecular complexity index is 1000. The largest absolute Gasteiger partial charge is 0.490 e. The van der Waals surface area contributed by atoms with Crippen LogP contribution in [0.25, 0.3) is 0 Å². The lowest BCUT2D eigenvalue weighted by Gasteiger charge is -2.03. The van der Waals surface area contributed by atoms with Gasteiger partial charge >= 0.3 is 23.3 Å². The summed E-state index contributed by atoms with van der Waals surface area (Å²) in [5.74, 6) is -2.70. The van der Waals surface area contributed by atoms with E-state index in [4.69, 9.17) is 10.2 Å². The fourth-order valence-electron chi connectivity index (χ4n) is 2.03. The highest BCUT2D eigenvalue weighted by atomic mass is 16.5. The van der Waals surface area contributed by atoms with Crippen molar-refractivity contribution in [3.05, 3.63) is 53.1 Å². The minimum absolute atomic E-state index is 0.0475. The average Bonchev–Trinajstić information content (AvgIpc) is 2.53. The summed E-state index contributed by atoms with van der Waals surface area (Å²) in [6.07, 6.45) is -0.940. The van der Waals surface area contributed by atoms with Gasteiger partial charge in [0.1, 0.15) is 0 Å². The van der Waals surface area contributed by atoms with Gasteiger partial charge in [-0.15, -0.1) is 0 Å². The highest BCUT2D eigenvalue weighted by Crippen LogP contribution is 2.07. The number of carboxylic acid groups (broad SMARTS) is 2. The van der Waals surface area contributed by atoms with Gasteiger partial charge in [-0.2, -0.15) is 0 Å². The van der Waals surface area contributed by atoms with Gasteiger partial charge in [0.15, 0.2) is 0 Å². The van der Waals surface area contributed by atoms with E-state index in [0.29, 0.717) is 0 Å². The molecule has 2 aromatic rings. The van der Waals surface area contributed by atoms with Crippen molar-refractivity contribution in [3.8, 4) is 11.5 Å². The number of carboxylic acids is 2. The lowest BCUT2D eigenvalue weighted by Crippen LogP contribution is -2.26. The Balaban J connectivity index is 0.000000280. The third-order valence-electron chi connectivity index (χ3n) is 3.01. The van der Waals surface area contributed by atoms with E-state index >= 15 is 0 Å². The Morgan fingerprint density at radius 2 is 1.04 bits per heavy atom. The first kappa shape index (κ1) is 21.9. The Kier molecular flexibility index (Phi) is 7.49. The van der Waals surface area contributed by atoms with Crippen molar-refractivity contribution in [1.29, 1.82) is 0 Å². The van der Waals surface area contributed by atoms with Gasteiger partial charge in [0.2, 0.25) is 11.5 Å². The highest BCUT2D eigenvalue weighted by molar-refractivity contribution is 5.70. The van der Waals surface area contributed by atoms with Crippen LogP contribution in [-0.4, -0.2) is 56.3 Å². The van der Waals surface area contributed by atoms with Gasteiger partial charge in [0, 0.05) is 0 Å². The van der Waals surface area contributed by atoms with Gasteiger partial charge in [-0.3, -0.25) is 29.1 Å². The monoisotopic (exact) mass is 400 g/mol. The van der Waals surface area contributed by atoms with E-state index in [-0.39, 0.29) is 22.9 Å². The van der Waals surface area contributed by atoms with Gasteiger partial charge in [-0.25, -0.2) is 9.59 Å². The molecule has 0 aliphatic rings. The van der Waals surface area contributed by atoms with E-state index < -0.39 is 47.3 Å². The van der Waals surface area contributed by atoms with Crippen LogP contribution in [-0.2, 0) is 22.4 Å². The van der Waals surface area contributed by atoms with Crippen molar-refractivity contribution < 1.29 is 29.3 Å². The van der Waals surface area contributed by atoms with E-state index in [9.17, 15) is 28.8 Å². The first-order valence-electron chi connectivity index (χ1n) is 7.31. The second-order valence-corrected chi connectivity index (χ2v) is 4.98. The summed E-state index contributed by atoms with van der Waals surface area (Å²) >= 11 is 0. The topological polar surface area (TPSA) is 224 Å². The molecule has 6 N–H and O–H groups in total. The molecule has 0 radical (unpaired) electrons. The molecule has 0 atom stereocenters. The van der Waals surface area contributed by atoms with Crippen molar-refractivity contribution in [2.75, 3.05) is 14.2 Å². The summed E-state index contributed by atoms with van der Waals surface area (Å²) < 4.78 is 9.31. The number of rotatable bonds is 6. The number of nitrogens with one attached hydrogen (secondary N) is 4. The van der Waals surface area contributed by atoms with Gasteiger partial charge in [0.25, 0.3) is 11.1 Å². The maximum absolute atomic E-state index is 11.1. The lowest BCUT2D eigenvalue weighted by molar-refractivity contribution is -0.137. The zero-order valence-corrected chi connectivity index (χ0v) is 14.6. The van der Waals surface area contributed by atoms with E-state index in [1.54, 1.807) is 0 Å². The van der Waals surface area contributed by atoms with Crippen LogP contribution in [0.4, 0.5) is 0 Å². The summed E-state index contributed by atoms with van der Waals surface area (Å²) in [7, 11) is 2.43. The second kappa shape index (κ2) is 9.56. The highest BCUT2D eigenvalue weighted by Gasteiger charge is 2.13. The molecule has 0 spiro atoms. The minimum Gasteiger partial charge on any atom is -0.490 e. The van der Waals surface area contributed by atoms with E-state index in [0.717, 1.165) is 0 Å². The molecule has 14 heteroatoms. The third-order valence-corrected chi connectivity index (χ3v) is 3.01. The number of methoxy groups -OCH3 is 2. The molecule has 0 saturated carbocycles. The molecule has 28 heavy (non-hydrogen) atoms. The minimum atomic E-state index is -1.16. The van der Waals surface area contributed by atoms with Gasteiger partial charge in [-0.05, 0) is 0 Å². The Hall–Kier alpha value is -4.10.